The molecule has 100 valence electrons. The van der Waals surface area contributed by atoms with Crippen LogP contribution in [0.15, 0.2) is 0 Å². The number of aliphatic hydroxyl groups excluding tert-OH is 1. The standard InChI is InChI=1S/C11H18F3NO2/c1-7(6-16)15-10(17)8-2-4-9(5-3-8)11(12,13)14/h7-9,16H,2-6H2,1H3,(H,15,17)/t7-,8?,9?/m0/s1. The Morgan fingerprint density at radius 3 is 2.29 bits per heavy atom. The molecule has 0 heterocycles. The second-order valence-electron chi connectivity index (χ2n) is 4.68. The summed E-state index contributed by atoms with van der Waals surface area (Å²) in [5.41, 5.74) is 0. The first-order valence-corrected chi connectivity index (χ1v) is 5.82. The smallest absolute Gasteiger partial charge is 0.391 e. The predicted molar refractivity (Wildman–Crippen MR) is 56.2 cm³/mol. The first-order chi connectivity index (χ1) is 7.84. The molecule has 2 N–H and O–H groups in total. The van der Waals surface area contributed by atoms with Gasteiger partial charge in [-0.2, -0.15) is 13.2 Å². The molecule has 1 atom stereocenters. The van der Waals surface area contributed by atoms with E-state index in [0.717, 1.165) is 0 Å². The van der Waals surface area contributed by atoms with Crippen molar-refractivity contribution < 1.29 is 23.1 Å². The maximum atomic E-state index is 12.4. The topological polar surface area (TPSA) is 49.3 Å². The molecule has 1 saturated carbocycles. The van der Waals surface area contributed by atoms with Gasteiger partial charge >= 0.3 is 6.18 Å². The van der Waals surface area contributed by atoms with E-state index in [2.05, 4.69) is 5.32 Å². The van der Waals surface area contributed by atoms with E-state index in [0.29, 0.717) is 0 Å². The predicted octanol–water partition coefficient (Wildman–Crippen LogP) is 1.85. The maximum absolute atomic E-state index is 12.4. The molecule has 1 amide bonds. The summed E-state index contributed by atoms with van der Waals surface area (Å²) in [6.07, 6.45) is -3.55. The molecule has 0 saturated heterocycles. The first kappa shape index (κ1) is 14.3. The molecular weight excluding hydrogens is 235 g/mol. The average Bonchev–Trinajstić information content (AvgIpc) is 2.27. The molecule has 3 nitrogen and oxygen atoms in total. The normalized spacial score (nSPS) is 27.6. The number of carbonyl (C=O) groups excluding carboxylic acids is 1. The lowest BCUT2D eigenvalue weighted by molar-refractivity contribution is -0.184. The summed E-state index contributed by atoms with van der Waals surface area (Å²) >= 11 is 0. The van der Waals surface area contributed by atoms with E-state index in [4.69, 9.17) is 5.11 Å². The lowest BCUT2D eigenvalue weighted by atomic mass is 9.81. The van der Waals surface area contributed by atoms with Gasteiger partial charge in [0.15, 0.2) is 0 Å². The van der Waals surface area contributed by atoms with Gasteiger partial charge in [-0.3, -0.25) is 4.79 Å². The maximum Gasteiger partial charge on any atom is 0.391 e. The van der Waals surface area contributed by atoms with Crippen LogP contribution in [0.3, 0.4) is 0 Å². The van der Waals surface area contributed by atoms with Crippen LogP contribution >= 0.6 is 0 Å². The van der Waals surface area contributed by atoms with Crippen LogP contribution in [0.2, 0.25) is 0 Å². The molecule has 6 heteroatoms. The minimum Gasteiger partial charge on any atom is -0.394 e. The minimum absolute atomic E-state index is 0.0229. The van der Waals surface area contributed by atoms with Crippen molar-refractivity contribution in [2.45, 2.75) is 44.8 Å². The molecule has 0 spiro atoms. The molecule has 0 aliphatic heterocycles. The third-order valence-electron chi connectivity index (χ3n) is 3.22. The zero-order valence-electron chi connectivity index (χ0n) is 9.76. The number of nitrogens with one attached hydrogen (secondary N) is 1. The Labute approximate surface area is 98.4 Å². The Hall–Kier alpha value is -0.780. The van der Waals surface area contributed by atoms with Crippen molar-refractivity contribution in [2.24, 2.45) is 11.8 Å². The third kappa shape index (κ3) is 4.18. The second kappa shape index (κ2) is 5.71. The quantitative estimate of drug-likeness (QED) is 0.806. The van der Waals surface area contributed by atoms with Gasteiger partial charge in [0.2, 0.25) is 5.91 Å². The highest BCUT2D eigenvalue weighted by Gasteiger charge is 2.42. The monoisotopic (exact) mass is 253 g/mol. The molecule has 1 aliphatic carbocycles. The number of hydrogen-bond acceptors (Lipinski definition) is 2. The fraction of sp³-hybridized carbons (Fsp3) is 0.909. The van der Waals surface area contributed by atoms with E-state index >= 15 is 0 Å². The molecule has 17 heavy (non-hydrogen) atoms. The van der Waals surface area contributed by atoms with Crippen LogP contribution in [0.4, 0.5) is 13.2 Å². The van der Waals surface area contributed by atoms with Crippen LogP contribution in [-0.4, -0.2) is 29.8 Å². The van der Waals surface area contributed by atoms with Gasteiger partial charge in [0.05, 0.1) is 12.5 Å². The van der Waals surface area contributed by atoms with Gasteiger partial charge in [0.1, 0.15) is 0 Å². The summed E-state index contributed by atoms with van der Waals surface area (Å²) in [5, 5.41) is 11.3. The van der Waals surface area contributed by atoms with Crippen LogP contribution in [0, 0.1) is 11.8 Å². The Kier molecular flexibility index (Phi) is 4.80. The number of amides is 1. The van der Waals surface area contributed by atoms with Crippen LogP contribution in [-0.2, 0) is 4.79 Å². The number of halogens is 3. The zero-order valence-corrected chi connectivity index (χ0v) is 9.76. The van der Waals surface area contributed by atoms with Gasteiger partial charge in [-0.15, -0.1) is 0 Å². The van der Waals surface area contributed by atoms with Gasteiger partial charge in [0.25, 0.3) is 0 Å². The van der Waals surface area contributed by atoms with E-state index in [1.165, 1.54) is 0 Å². The molecule has 0 aromatic carbocycles. The number of hydrogen-bond donors (Lipinski definition) is 2. The molecule has 1 aliphatic rings. The van der Waals surface area contributed by atoms with Crippen molar-refractivity contribution in [3.05, 3.63) is 0 Å². The van der Waals surface area contributed by atoms with Crippen molar-refractivity contribution in [2.75, 3.05) is 6.61 Å². The zero-order chi connectivity index (χ0) is 13.1. The third-order valence-corrected chi connectivity index (χ3v) is 3.22. The largest absolute Gasteiger partial charge is 0.394 e. The number of aliphatic hydroxyl groups is 1. The second-order valence-corrected chi connectivity index (χ2v) is 4.68. The van der Waals surface area contributed by atoms with E-state index in [-0.39, 0.29) is 50.2 Å². The molecule has 0 radical (unpaired) electrons. The molecule has 1 rings (SSSR count). The molecule has 0 aromatic rings. The van der Waals surface area contributed by atoms with Crippen molar-refractivity contribution in [3.63, 3.8) is 0 Å². The fourth-order valence-electron chi connectivity index (χ4n) is 2.09. The first-order valence-electron chi connectivity index (χ1n) is 5.82. The Morgan fingerprint density at radius 1 is 1.35 bits per heavy atom. The molecule has 0 aromatic heterocycles. The highest BCUT2D eigenvalue weighted by molar-refractivity contribution is 5.78. The van der Waals surface area contributed by atoms with E-state index < -0.39 is 12.1 Å². The molecular formula is C11H18F3NO2. The van der Waals surface area contributed by atoms with Crippen LogP contribution in [0.1, 0.15) is 32.6 Å². The highest BCUT2D eigenvalue weighted by atomic mass is 19.4. The lowest BCUT2D eigenvalue weighted by Crippen LogP contribution is -2.41. The number of rotatable bonds is 3. The van der Waals surface area contributed by atoms with Crippen LogP contribution in [0.25, 0.3) is 0 Å². The van der Waals surface area contributed by atoms with Gasteiger partial charge in [-0.25, -0.2) is 0 Å². The summed E-state index contributed by atoms with van der Waals surface area (Å²) in [4.78, 5) is 11.6. The summed E-state index contributed by atoms with van der Waals surface area (Å²) in [6.45, 7) is 1.49. The van der Waals surface area contributed by atoms with Crippen LogP contribution < -0.4 is 5.32 Å². The minimum atomic E-state index is -4.14. The SMILES string of the molecule is C[C@@H](CO)NC(=O)C1CCC(C(F)(F)F)CC1. The fourth-order valence-corrected chi connectivity index (χ4v) is 2.09. The summed E-state index contributed by atoms with van der Waals surface area (Å²) in [5.74, 6) is -1.85. The number of alkyl halides is 3. The Morgan fingerprint density at radius 2 is 1.88 bits per heavy atom. The summed E-state index contributed by atoms with van der Waals surface area (Å²) < 4.78 is 37.2. The van der Waals surface area contributed by atoms with Crippen molar-refractivity contribution in [1.29, 1.82) is 0 Å². The van der Waals surface area contributed by atoms with Gasteiger partial charge < -0.3 is 10.4 Å². The summed E-state index contributed by atoms with van der Waals surface area (Å²) in [6, 6.07) is -0.345. The van der Waals surface area contributed by atoms with Gasteiger partial charge in [0, 0.05) is 12.0 Å². The number of carbonyl (C=O) groups is 1. The van der Waals surface area contributed by atoms with Crippen LogP contribution in [0.5, 0.6) is 0 Å². The van der Waals surface area contributed by atoms with E-state index in [9.17, 15) is 18.0 Å². The molecule has 0 unspecified atom stereocenters. The average molecular weight is 253 g/mol. The van der Waals surface area contributed by atoms with Gasteiger partial charge in [-0.05, 0) is 32.6 Å². The lowest BCUT2D eigenvalue weighted by Gasteiger charge is -2.29. The Balaban J connectivity index is 2.39. The van der Waals surface area contributed by atoms with E-state index in [1.54, 1.807) is 6.92 Å². The van der Waals surface area contributed by atoms with Crippen molar-refractivity contribution >= 4 is 5.91 Å². The van der Waals surface area contributed by atoms with Crippen molar-refractivity contribution in [3.8, 4) is 0 Å². The van der Waals surface area contributed by atoms with Gasteiger partial charge in [-0.1, -0.05) is 0 Å². The summed E-state index contributed by atoms with van der Waals surface area (Å²) in [7, 11) is 0. The van der Waals surface area contributed by atoms with Crippen molar-refractivity contribution in [1.82, 2.24) is 5.32 Å². The Bertz CT molecular complexity index is 260. The molecule has 1 fully saturated rings. The van der Waals surface area contributed by atoms with E-state index in [1.807, 2.05) is 0 Å². The highest BCUT2D eigenvalue weighted by Crippen LogP contribution is 2.39. The molecule has 0 bridgehead atoms.